The largest absolute Gasteiger partial charge is 0.481 e. The number of nitrogens with zero attached hydrogens (tertiary/aromatic N) is 2. The third-order valence-corrected chi connectivity index (χ3v) is 6.33. The smallest absolute Gasteiger partial charge is 0.303 e. The van der Waals surface area contributed by atoms with Gasteiger partial charge in [-0.2, -0.15) is 0 Å². The van der Waals surface area contributed by atoms with Crippen molar-refractivity contribution < 1.29 is 9.90 Å². The van der Waals surface area contributed by atoms with Crippen LogP contribution in [0.4, 0.5) is 0 Å². The third-order valence-electron chi connectivity index (χ3n) is 6.33. The Hall–Kier alpha value is -0.610. The Labute approximate surface area is 121 Å². The Kier molecular flexibility index (Phi) is 3.26. The summed E-state index contributed by atoms with van der Waals surface area (Å²) in [5, 5.41) is 9.04. The van der Waals surface area contributed by atoms with E-state index in [1.807, 2.05) is 0 Å². The SMILES string of the molecule is O=C(O)CC1CC2CCC(C1)N2C1CCN2CCC1C2. The van der Waals surface area contributed by atoms with Gasteiger partial charge >= 0.3 is 5.97 Å². The van der Waals surface area contributed by atoms with Gasteiger partial charge in [0.05, 0.1) is 0 Å². The molecule has 4 saturated heterocycles. The van der Waals surface area contributed by atoms with Crippen LogP contribution in [-0.2, 0) is 4.79 Å². The number of hydrogen-bond donors (Lipinski definition) is 1. The second-order valence-electron chi connectivity index (χ2n) is 7.47. The zero-order valence-electron chi connectivity index (χ0n) is 12.2. The van der Waals surface area contributed by atoms with Crippen LogP contribution in [0.3, 0.4) is 0 Å². The summed E-state index contributed by atoms with van der Waals surface area (Å²) >= 11 is 0. The average Bonchev–Trinajstić information content (AvgIpc) is 2.90. The predicted octanol–water partition coefficient (Wildman–Crippen LogP) is 1.80. The second kappa shape index (κ2) is 4.99. The lowest BCUT2D eigenvalue weighted by molar-refractivity contribution is -0.138. The van der Waals surface area contributed by atoms with Crippen LogP contribution in [-0.4, -0.2) is 58.6 Å². The number of aliphatic carboxylic acids is 1. The minimum atomic E-state index is -0.605. The maximum absolute atomic E-state index is 11.0. The summed E-state index contributed by atoms with van der Waals surface area (Å²) in [6.45, 7) is 3.92. The molecule has 4 bridgehead atoms. The Bertz CT molecular complexity index is 386. The number of piperidine rings is 2. The molecule has 4 aliphatic heterocycles. The number of rotatable bonds is 3. The van der Waals surface area contributed by atoms with E-state index >= 15 is 0 Å². The van der Waals surface area contributed by atoms with Gasteiger partial charge < -0.3 is 10.0 Å². The van der Waals surface area contributed by atoms with Crippen LogP contribution in [0.25, 0.3) is 0 Å². The Balaban J connectivity index is 1.46. The van der Waals surface area contributed by atoms with E-state index in [9.17, 15) is 4.79 Å². The van der Waals surface area contributed by atoms with Gasteiger partial charge in [-0.3, -0.25) is 9.69 Å². The summed E-state index contributed by atoms with van der Waals surface area (Å²) in [4.78, 5) is 16.4. The van der Waals surface area contributed by atoms with Crippen molar-refractivity contribution in [1.29, 1.82) is 0 Å². The highest BCUT2D eigenvalue weighted by Crippen LogP contribution is 2.45. The molecular weight excluding hydrogens is 252 g/mol. The van der Waals surface area contributed by atoms with Gasteiger partial charge in [0.15, 0.2) is 0 Å². The van der Waals surface area contributed by atoms with Crippen molar-refractivity contribution in [3.05, 3.63) is 0 Å². The molecule has 4 nitrogen and oxygen atoms in total. The quantitative estimate of drug-likeness (QED) is 0.855. The molecule has 0 aromatic rings. The van der Waals surface area contributed by atoms with Crippen LogP contribution >= 0.6 is 0 Å². The molecular formula is C16H26N2O2. The van der Waals surface area contributed by atoms with Crippen molar-refractivity contribution >= 4 is 5.97 Å². The van der Waals surface area contributed by atoms with E-state index in [0.717, 1.165) is 24.8 Å². The number of carboxylic acid groups (broad SMARTS) is 1. The first-order chi connectivity index (χ1) is 9.70. The van der Waals surface area contributed by atoms with Crippen LogP contribution in [0.2, 0.25) is 0 Å². The first-order valence-corrected chi connectivity index (χ1v) is 8.42. The summed E-state index contributed by atoms with van der Waals surface area (Å²) in [5.74, 6) is 0.722. The minimum absolute atomic E-state index is 0.392. The van der Waals surface area contributed by atoms with Gasteiger partial charge in [0.2, 0.25) is 0 Å². The predicted molar refractivity (Wildman–Crippen MR) is 76.6 cm³/mol. The monoisotopic (exact) mass is 278 g/mol. The lowest BCUT2D eigenvalue weighted by Crippen LogP contribution is -2.54. The molecule has 0 aromatic heterocycles. The molecule has 4 fully saturated rings. The van der Waals surface area contributed by atoms with E-state index in [2.05, 4.69) is 9.80 Å². The highest BCUT2D eigenvalue weighted by atomic mass is 16.4. The van der Waals surface area contributed by atoms with E-state index in [1.54, 1.807) is 0 Å². The molecule has 4 rings (SSSR count). The molecule has 5 atom stereocenters. The van der Waals surface area contributed by atoms with Gasteiger partial charge in [0.1, 0.15) is 0 Å². The van der Waals surface area contributed by atoms with Gasteiger partial charge in [-0.15, -0.1) is 0 Å². The van der Waals surface area contributed by atoms with Crippen molar-refractivity contribution in [3.63, 3.8) is 0 Å². The van der Waals surface area contributed by atoms with Crippen LogP contribution < -0.4 is 0 Å². The highest BCUT2D eigenvalue weighted by Gasteiger charge is 2.48. The fourth-order valence-electron chi connectivity index (χ4n) is 5.60. The van der Waals surface area contributed by atoms with Crippen LogP contribution in [0.1, 0.15) is 44.9 Å². The lowest BCUT2D eigenvalue weighted by atomic mass is 9.83. The van der Waals surface area contributed by atoms with Gasteiger partial charge in [-0.05, 0) is 63.5 Å². The Morgan fingerprint density at radius 3 is 2.45 bits per heavy atom. The molecule has 4 heteroatoms. The summed E-state index contributed by atoms with van der Waals surface area (Å²) in [6, 6.07) is 2.18. The molecule has 0 spiro atoms. The van der Waals surface area contributed by atoms with E-state index in [1.165, 1.54) is 45.3 Å². The molecule has 5 unspecified atom stereocenters. The van der Waals surface area contributed by atoms with Gasteiger partial charge in [-0.25, -0.2) is 0 Å². The molecule has 112 valence electrons. The lowest BCUT2D eigenvalue weighted by Gasteiger charge is -2.47. The third kappa shape index (κ3) is 2.17. The average molecular weight is 278 g/mol. The Morgan fingerprint density at radius 2 is 1.75 bits per heavy atom. The Morgan fingerprint density at radius 1 is 1.05 bits per heavy atom. The first kappa shape index (κ1) is 13.1. The van der Waals surface area contributed by atoms with E-state index in [-0.39, 0.29) is 0 Å². The first-order valence-electron chi connectivity index (χ1n) is 8.42. The fourth-order valence-corrected chi connectivity index (χ4v) is 5.60. The number of hydrogen-bond acceptors (Lipinski definition) is 3. The van der Waals surface area contributed by atoms with E-state index in [4.69, 9.17) is 5.11 Å². The summed E-state index contributed by atoms with van der Waals surface area (Å²) in [5.41, 5.74) is 0. The molecule has 0 aliphatic carbocycles. The van der Waals surface area contributed by atoms with Gasteiger partial charge in [0, 0.05) is 31.1 Å². The summed E-state index contributed by atoms with van der Waals surface area (Å²) in [7, 11) is 0. The molecule has 0 saturated carbocycles. The van der Waals surface area contributed by atoms with Crippen molar-refractivity contribution in [2.24, 2.45) is 11.8 Å². The molecule has 20 heavy (non-hydrogen) atoms. The zero-order valence-corrected chi connectivity index (χ0v) is 12.2. The standard InChI is InChI=1S/C16H26N2O2/c19-16(20)9-11-7-13-1-2-14(8-11)18(13)15-4-6-17-5-3-12(15)10-17/h11-15H,1-10H2,(H,19,20). The van der Waals surface area contributed by atoms with Crippen LogP contribution in [0.15, 0.2) is 0 Å². The normalized spacial score (nSPS) is 47.6. The molecule has 0 radical (unpaired) electrons. The molecule has 1 N–H and O–H groups in total. The maximum atomic E-state index is 11.0. The maximum Gasteiger partial charge on any atom is 0.303 e. The molecule has 0 aromatic carbocycles. The fraction of sp³-hybridized carbons (Fsp3) is 0.938. The summed E-state index contributed by atoms with van der Waals surface area (Å²) in [6.07, 6.45) is 8.02. The van der Waals surface area contributed by atoms with E-state index < -0.39 is 5.97 Å². The van der Waals surface area contributed by atoms with Crippen LogP contribution in [0.5, 0.6) is 0 Å². The van der Waals surface area contributed by atoms with Gasteiger partial charge in [0.25, 0.3) is 0 Å². The van der Waals surface area contributed by atoms with Crippen molar-refractivity contribution in [2.45, 2.75) is 63.1 Å². The molecule has 4 heterocycles. The van der Waals surface area contributed by atoms with Gasteiger partial charge in [-0.1, -0.05) is 0 Å². The number of carboxylic acids is 1. The van der Waals surface area contributed by atoms with Crippen molar-refractivity contribution in [1.82, 2.24) is 9.80 Å². The molecule has 4 aliphatic rings. The minimum Gasteiger partial charge on any atom is -0.481 e. The van der Waals surface area contributed by atoms with Crippen molar-refractivity contribution in [2.75, 3.05) is 19.6 Å². The topological polar surface area (TPSA) is 43.8 Å². The second-order valence-corrected chi connectivity index (χ2v) is 7.47. The van der Waals surface area contributed by atoms with E-state index in [0.29, 0.717) is 24.4 Å². The summed E-state index contributed by atoms with van der Waals surface area (Å²) < 4.78 is 0. The zero-order chi connectivity index (χ0) is 13.7. The highest BCUT2D eigenvalue weighted by molar-refractivity contribution is 5.67. The number of carbonyl (C=O) groups is 1. The number of fused-ring (bicyclic) bond motifs is 4. The van der Waals surface area contributed by atoms with Crippen molar-refractivity contribution in [3.8, 4) is 0 Å². The van der Waals surface area contributed by atoms with Crippen LogP contribution in [0, 0.1) is 11.8 Å². The molecule has 0 amide bonds.